The second-order valence-corrected chi connectivity index (χ2v) is 4.05. The van der Waals surface area contributed by atoms with Crippen molar-refractivity contribution in [3.8, 4) is 0 Å². The number of halogens is 2. The third-order valence-electron chi connectivity index (χ3n) is 2.85. The van der Waals surface area contributed by atoms with Crippen molar-refractivity contribution < 1.29 is 8.78 Å². The molecule has 1 unspecified atom stereocenters. The molecular weight excluding hydrogens is 238 g/mol. The number of nitrogens with one attached hydrogen (secondary N) is 1. The van der Waals surface area contributed by atoms with E-state index in [1.54, 1.807) is 6.20 Å². The molecule has 0 aliphatic heterocycles. The Morgan fingerprint density at radius 1 is 1.39 bits per heavy atom. The number of hydrazine groups is 1. The molecule has 1 atom stereocenters. The van der Waals surface area contributed by atoms with E-state index in [0.717, 1.165) is 18.0 Å². The topological polar surface area (TPSA) is 55.9 Å². The third-order valence-corrected chi connectivity index (χ3v) is 2.85. The van der Waals surface area contributed by atoms with Gasteiger partial charge in [0.25, 0.3) is 0 Å². The molecule has 1 aromatic carbocycles. The molecule has 3 N–H and O–H groups in total. The van der Waals surface area contributed by atoms with Gasteiger partial charge in [0.2, 0.25) is 0 Å². The van der Waals surface area contributed by atoms with Crippen molar-refractivity contribution in [2.45, 2.75) is 12.5 Å². The van der Waals surface area contributed by atoms with E-state index < -0.39 is 11.6 Å². The van der Waals surface area contributed by atoms with Crippen LogP contribution in [0.5, 0.6) is 0 Å². The lowest BCUT2D eigenvalue weighted by molar-refractivity contribution is 0.493. The molecule has 0 spiro atoms. The molecule has 2 aromatic rings. The fourth-order valence-corrected chi connectivity index (χ4v) is 1.78. The molecule has 4 nitrogen and oxygen atoms in total. The number of imidazole rings is 1. The van der Waals surface area contributed by atoms with Crippen LogP contribution in [0, 0.1) is 11.6 Å². The summed E-state index contributed by atoms with van der Waals surface area (Å²) in [4.78, 5) is 4.17. The molecule has 0 amide bonds. The first kappa shape index (κ1) is 12.7. The molecule has 0 saturated carbocycles. The van der Waals surface area contributed by atoms with Crippen LogP contribution in [0.2, 0.25) is 0 Å². The van der Waals surface area contributed by atoms with Gasteiger partial charge in [-0.05, 0) is 17.7 Å². The molecule has 1 aromatic heterocycles. The number of aryl methyl sites for hydroxylation is 1. The summed E-state index contributed by atoms with van der Waals surface area (Å²) in [7, 11) is 1.86. The summed E-state index contributed by atoms with van der Waals surface area (Å²) in [6.45, 7) is 0. The smallest absolute Gasteiger partial charge is 0.159 e. The van der Waals surface area contributed by atoms with Gasteiger partial charge in [-0.25, -0.2) is 13.8 Å². The molecule has 0 saturated heterocycles. The highest BCUT2D eigenvalue weighted by atomic mass is 19.2. The van der Waals surface area contributed by atoms with E-state index >= 15 is 0 Å². The average molecular weight is 252 g/mol. The molecule has 6 heteroatoms. The molecule has 0 radical (unpaired) electrons. The summed E-state index contributed by atoms with van der Waals surface area (Å²) in [5.74, 6) is 4.51. The Kier molecular flexibility index (Phi) is 3.69. The Morgan fingerprint density at radius 2 is 2.17 bits per heavy atom. The minimum absolute atomic E-state index is 0.318. The van der Waals surface area contributed by atoms with E-state index in [1.165, 1.54) is 6.07 Å². The van der Waals surface area contributed by atoms with E-state index in [9.17, 15) is 8.78 Å². The van der Waals surface area contributed by atoms with Gasteiger partial charge < -0.3 is 4.57 Å². The molecule has 18 heavy (non-hydrogen) atoms. The largest absolute Gasteiger partial charge is 0.338 e. The zero-order valence-corrected chi connectivity index (χ0v) is 9.90. The summed E-state index contributed by atoms with van der Waals surface area (Å²) in [6.07, 6.45) is 3.98. The first-order valence-electron chi connectivity index (χ1n) is 5.49. The summed E-state index contributed by atoms with van der Waals surface area (Å²) in [5, 5.41) is 0. The van der Waals surface area contributed by atoms with E-state index in [1.807, 2.05) is 17.8 Å². The fourth-order valence-electron chi connectivity index (χ4n) is 1.78. The summed E-state index contributed by atoms with van der Waals surface area (Å²) in [6, 6.07) is 3.42. The second-order valence-electron chi connectivity index (χ2n) is 4.05. The minimum atomic E-state index is -0.882. The maximum absolute atomic E-state index is 13.2. The Labute approximate surface area is 103 Å². The van der Waals surface area contributed by atoms with E-state index in [2.05, 4.69) is 10.4 Å². The summed E-state index contributed by atoms with van der Waals surface area (Å²) in [5.41, 5.74) is 3.17. The van der Waals surface area contributed by atoms with Gasteiger partial charge in [-0.15, -0.1) is 0 Å². The van der Waals surface area contributed by atoms with Crippen LogP contribution in [0.15, 0.2) is 30.6 Å². The molecular formula is C12H14F2N4. The molecule has 96 valence electrons. The first-order valence-corrected chi connectivity index (χ1v) is 5.49. The SMILES string of the molecule is Cn1ccnc1CC(NN)c1ccc(F)c(F)c1. The van der Waals surface area contributed by atoms with Crippen molar-refractivity contribution in [3.63, 3.8) is 0 Å². The van der Waals surface area contributed by atoms with Crippen molar-refractivity contribution in [3.05, 3.63) is 53.6 Å². The van der Waals surface area contributed by atoms with Crippen molar-refractivity contribution in [2.75, 3.05) is 0 Å². The lowest BCUT2D eigenvalue weighted by atomic mass is 10.0. The van der Waals surface area contributed by atoms with Crippen LogP contribution in [-0.4, -0.2) is 9.55 Å². The molecule has 0 aliphatic carbocycles. The van der Waals surface area contributed by atoms with E-state index in [0.29, 0.717) is 12.0 Å². The van der Waals surface area contributed by atoms with Crippen LogP contribution in [0.25, 0.3) is 0 Å². The Bertz CT molecular complexity index is 539. The highest BCUT2D eigenvalue weighted by Gasteiger charge is 2.15. The van der Waals surface area contributed by atoms with Crippen LogP contribution in [0.1, 0.15) is 17.4 Å². The van der Waals surface area contributed by atoms with Gasteiger partial charge in [0, 0.05) is 25.9 Å². The Balaban J connectivity index is 2.23. The van der Waals surface area contributed by atoms with Crippen molar-refractivity contribution in [2.24, 2.45) is 12.9 Å². The number of rotatable bonds is 4. The van der Waals surface area contributed by atoms with Gasteiger partial charge >= 0.3 is 0 Å². The predicted molar refractivity (Wildman–Crippen MR) is 63.3 cm³/mol. The quantitative estimate of drug-likeness (QED) is 0.639. The number of hydrogen-bond donors (Lipinski definition) is 2. The van der Waals surface area contributed by atoms with Gasteiger partial charge in [0.05, 0.1) is 6.04 Å². The van der Waals surface area contributed by atoms with Crippen molar-refractivity contribution in [1.29, 1.82) is 0 Å². The number of benzene rings is 1. The van der Waals surface area contributed by atoms with Crippen molar-refractivity contribution >= 4 is 0 Å². The van der Waals surface area contributed by atoms with E-state index in [4.69, 9.17) is 5.84 Å². The van der Waals surface area contributed by atoms with Crippen LogP contribution in [0.4, 0.5) is 8.78 Å². The van der Waals surface area contributed by atoms with Gasteiger partial charge in [-0.3, -0.25) is 11.3 Å². The lowest BCUT2D eigenvalue weighted by Gasteiger charge is -2.16. The zero-order chi connectivity index (χ0) is 13.1. The summed E-state index contributed by atoms with van der Waals surface area (Å²) < 4.78 is 27.9. The highest BCUT2D eigenvalue weighted by molar-refractivity contribution is 5.22. The second kappa shape index (κ2) is 5.24. The molecule has 1 heterocycles. The molecule has 0 fully saturated rings. The maximum atomic E-state index is 13.2. The molecule has 0 bridgehead atoms. The van der Waals surface area contributed by atoms with Crippen LogP contribution < -0.4 is 11.3 Å². The third kappa shape index (κ3) is 2.55. The van der Waals surface area contributed by atoms with Gasteiger partial charge in [-0.2, -0.15) is 0 Å². The predicted octanol–water partition coefficient (Wildman–Crippen LogP) is 1.45. The first-order chi connectivity index (χ1) is 8.61. The van der Waals surface area contributed by atoms with E-state index in [-0.39, 0.29) is 6.04 Å². The summed E-state index contributed by atoms with van der Waals surface area (Å²) >= 11 is 0. The number of hydrogen-bond acceptors (Lipinski definition) is 3. The van der Waals surface area contributed by atoms with Gasteiger partial charge in [0.15, 0.2) is 11.6 Å². The molecule has 0 aliphatic rings. The van der Waals surface area contributed by atoms with Crippen LogP contribution >= 0.6 is 0 Å². The fraction of sp³-hybridized carbons (Fsp3) is 0.250. The van der Waals surface area contributed by atoms with Gasteiger partial charge in [0.1, 0.15) is 5.82 Å². The van der Waals surface area contributed by atoms with Gasteiger partial charge in [-0.1, -0.05) is 6.07 Å². The monoisotopic (exact) mass is 252 g/mol. The Morgan fingerprint density at radius 3 is 2.72 bits per heavy atom. The average Bonchev–Trinajstić information content (AvgIpc) is 2.75. The van der Waals surface area contributed by atoms with Crippen LogP contribution in [-0.2, 0) is 13.5 Å². The maximum Gasteiger partial charge on any atom is 0.159 e. The highest BCUT2D eigenvalue weighted by Crippen LogP contribution is 2.19. The lowest BCUT2D eigenvalue weighted by Crippen LogP contribution is -2.30. The normalized spacial score (nSPS) is 12.7. The number of nitrogens with two attached hydrogens (primary N) is 1. The number of nitrogens with zero attached hydrogens (tertiary/aromatic N) is 2. The zero-order valence-electron chi connectivity index (χ0n) is 9.90. The Hall–Kier alpha value is -1.79. The minimum Gasteiger partial charge on any atom is -0.338 e. The molecule has 2 rings (SSSR count). The standard InChI is InChI=1S/C12H14F2N4/c1-18-5-4-16-12(18)7-11(17-15)8-2-3-9(13)10(14)6-8/h2-6,11,17H,7,15H2,1H3. The van der Waals surface area contributed by atoms with Crippen LogP contribution in [0.3, 0.4) is 0 Å². The number of aromatic nitrogens is 2. The van der Waals surface area contributed by atoms with Crippen molar-refractivity contribution in [1.82, 2.24) is 15.0 Å².